The zero-order valence-corrected chi connectivity index (χ0v) is 14.2. The standard InChI is InChI=1S/C16H27N5O2/c1-3-21-14(12-19-8-4-5-9-19)17-18-15(21)13-6-10-20(11-7-13)16(22)23-2/h13H,3-12H2,1-2H3. The van der Waals surface area contributed by atoms with E-state index in [1.165, 1.54) is 33.0 Å². The van der Waals surface area contributed by atoms with Crippen molar-refractivity contribution in [2.45, 2.75) is 51.6 Å². The fourth-order valence-electron chi connectivity index (χ4n) is 3.70. The Bertz CT molecular complexity index is 531. The first-order chi connectivity index (χ1) is 11.2. The lowest BCUT2D eigenvalue weighted by atomic mass is 9.96. The van der Waals surface area contributed by atoms with Crippen LogP contribution in [0.4, 0.5) is 4.79 Å². The molecule has 0 saturated carbocycles. The van der Waals surface area contributed by atoms with Gasteiger partial charge in [-0.2, -0.15) is 0 Å². The van der Waals surface area contributed by atoms with Gasteiger partial charge in [0.15, 0.2) is 0 Å². The fourth-order valence-corrected chi connectivity index (χ4v) is 3.70. The van der Waals surface area contributed by atoms with Crippen LogP contribution in [0, 0.1) is 0 Å². The van der Waals surface area contributed by atoms with E-state index >= 15 is 0 Å². The predicted molar refractivity (Wildman–Crippen MR) is 86.2 cm³/mol. The minimum atomic E-state index is -0.227. The molecular weight excluding hydrogens is 294 g/mol. The molecule has 0 N–H and O–H groups in total. The smallest absolute Gasteiger partial charge is 0.409 e. The summed E-state index contributed by atoms with van der Waals surface area (Å²) in [5.74, 6) is 2.56. The minimum Gasteiger partial charge on any atom is -0.453 e. The van der Waals surface area contributed by atoms with E-state index in [9.17, 15) is 4.79 Å². The number of aromatic nitrogens is 3. The molecule has 2 aliphatic rings. The van der Waals surface area contributed by atoms with Crippen molar-refractivity contribution in [2.24, 2.45) is 0 Å². The third-order valence-corrected chi connectivity index (χ3v) is 5.03. The molecule has 0 bridgehead atoms. The zero-order valence-electron chi connectivity index (χ0n) is 14.2. The molecule has 3 rings (SSSR count). The van der Waals surface area contributed by atoms with Crippen molar-refractivity contribution in [3.05, 3.63) is 11.6 Å². The number of nitrogens with zero attached hydrogens (tertiary/aromatic N) is 5. The molecule has 7 nitrogen and oxygen atoms in total. The van der Waals surface area contributed by atoms with Gasteiger partial charge < -0.3 is 14.2 Å². The van der Waals surface area contributed by atoms with Crippen molar-refractivity contribution >= 4 is 6.09 Å². The van der Waals surface area contributed by atoms with Crippen LogP contribution in [0.5, 0.6) is 0 Å². The van der Waals surface area contributed by atoms with Crippen molar-refractivity contribution in [3.63, 3.8) is 0 Å². The average molecular weight is 321 g/mol. The van der Waals surface area contributed by atoms with Crippen LogP contribution >= 0.6 is 0 Å². The van der Waals surface area contributed by atoms with Gasteiger partial charge in [-0.25, -0.2) is 4.79 Å². The maximum Gasteiger partial charge on any atom is 0.409 e. The molecule has 2 aliphatic heterocycles. The summed E-state index contributed by atoms with van der Waals surface area (Å²) in [6.45, 7) is 7.77. The molecule has 0 radical (unpaired) electrons. The number of likely N-dealkylation sites (tertiary alicyclic amines) is 2. The lowest BCUT2D eigenvalue weighted by Gasteiger charge is -2.30. The second-order valence-corrected chi connectivity index (χ2v) is 6.43. The first kappa shape index (κ1) is 16.2. The number of carbonyl (C=O) groups excluding carboxylic acids is 1. The van der Waals surface area contributed by atoms with Crippen molar-refractivity contribution in [1.29, 1.82) is 0 Å². The molecule has 23 heavy (non-hydrogen) atoms. The summed E-state index contributed by atoms with van der Waals surface area (Å²) >= 11 is 0. The van der Waals surface area contributed by atoms with Crippen LogP contribution in [0.2, 0.25) is 0 Å². The molecule has 0 unspecified atom stereocenters. The number of ether oxygens (including phenoxy) is 1. The molecule has 0 spiro atoms. The maximum absolute atomic E-state index is 11.6. The van der Waals surface area contributed by atoms with Crippen molar-refractivity contribution in [3.8, 4) is 0 Å². The summed E-state index contributed by atoms with van der Waals surface area (Å²) in [7, 11) is 1.44. The Balaban J connectivity index is 1.66. The highest BCUT2D eigenvalue weighted by Gasteiger charge is 2.28. The van der Waals surface area contributed by atoms with E-state index in [-0.39, 0.29) is 6.09 Å². The highest BCUT2D eigenvalue weighted by Crippen LogP contribution is 2.28. The lowest BCUT2D eigenvalue weighted by Crippen LogP contribution is -2.38. The van der Waals surface area contributed by atoms with Crippen molar-refractivity contribution in [1.82, 2.24) is 24.6 Å². The molecule has 3 heterocycles. The zero-order chi connectivity index (χ0) is 16.2. The Morgan fingerprint density at radius 3 is 2.48 bits per heavy atom. The van der Waals surface area contributed by atoms with Gasteiger partial charge >= 0.3 is 6.09 Å². The van der Waals surface area contributed by atoms with Crippen LogP contribution in [-0.4, -0.2) is 63.9 Å². The van der Waals surface area contributed by atoms with Gasteiger partial charge in [0.2, 0.25) is 0 Å². The van der Waals surface area contributed by atoms with E-state index in [1.807, 2.05) is 0 Å². The van der Waals surface area contributed by atoms with E-state index in [1.54, 1.807) is 4.90 Å². The lowest BCUT2D eigenvalue weighted by molar-refractivity contribution is 0.111. The summed E-state index contributed by atoms with van der Waals surface area (Å²) < 4.78 is 7.08. The second kappa shape index (κ2) is 7.29. The second-order valence-electron chi connectivity index (χ2n) is 6.43. The van der Waals surface area contributed by atoms with Crippen LogP contribution < -0.4 is 0 Å². The first-order valence-corrected chi connectivity index (χ1v) is 8.70. The number of hydrogen-bond acceptors (Lipinski definition) is 5. The fraction of sp³-hybridized carbons (Fsp3) is 0.812. The predicted octanol–water partition coefficient (Wildman–Crippen LogP) is 1.84. The Kier molecular flexibility index (Phi) is 5.15. The van der Waals surface area contributed by atoms with E-state index in [0.717, 1.165) is 50.7 Å². The average Bonchev–Trinajstić information content (AvgIpc) is 3.24. The Morgan fingerprint density at radius 2 is 1.87 bits per heavy atom. The number of amides is 1. The van der Waals surface area contributed by atoms with E-state index < -0.39 is 0 Å². The third kappa shape index (κ3) is 3.49. The monoisotopic (exact) mass is 321 g/mol. The highest BCUT2D eigenvalue weighted by molar-refractivity contribution is 5.67. The van der Waals surface area contributed by atoms with E-state index in [2.05, 4.69) is 26.6 Å². The topological polar surface area (TPSA) is 63.5 Å². The minimum absolute atomic E-state index is 0.227. The normalized spacial score (nSPS) is 20.2. The van der Waals surface area contributed by atoms with Crippen LogP contribution in [0.15, 0.2) is 0 Å². The molecular formula is C16H27N5O2. The van der Waals surface area contributed by atoms with Crippen molar-refractivity contribution < 1.29 is 9.53 Å². The molecule has 128 valence electrons. The number of hydrogen-bond donors (Lipinski definition) is 0. The summed E-state index contributed by atoms with van der Waals surface area (Å²) in [4.78, 5) is 15.8. The van der Waals surface area contributed by atoms with Gasteiger partial charge in [-0.15, -0.1) is 10.2 Å². The molecule has 1 aromatic rings. The van der Waals surface area contributed by atoms with Gasteiger partial charge in [0.25, 0.3) is 0 Å². The first-order valence-electron chi connectivity index (χ1n) is 8.70. The van der Waals surface area contributed by atoms with Gasteiger partial charge in [0, 0.05) is 25.6 Å². The largest absolute Gasteiger partial charge is 0.453 e. The summed E-state index contributed by atoms with van der Waals surface area (Å²) in [5.41, 5.74) is 0. The quantitative estimate of drug-likeness (QED) is 0.847. The molecule has 2 saturated heterocycles. The molecule has 1 aromatic heterocycles. The summed E-state index contributed by atoms with van der Waals surface area (Å²) in [6.07, 6.45) is 4.21. The molecule has 0 aromatic carbocycles. The Morgan fingerprint density at radius 1 is 1.17 bits per heavy atom. The molecule has 0 atom stereocenters. The third-order valence-electron chi connectivity index (χ3n) is 5.03. The Labute approximate surface area is 137 Å². The molecule has 7 heteroatoms. The summed E-state index contributed by atoms with van der Waals surface area (Å²) in [6, 6.07) is 0. The van der Waals surface area contributed by atoms with Gasteiger partial charge in [-0.3, -0.25) is 4.90 Å². The molecule has 2 fully saturated rings. The summed E-state index contributed by atoms with van der Waals surface area (Å²) in [5, 5.41) is 8.96. The Hall–Kier alpha value is -1.63. The van der Waals surface area contributed by atoms with Crippen LogP contribution in [-0.2, 0) is 17.8 Å². The van der Waals surface area contributed by atoms with Crippen LogP contribution in [0.1, 0.15) is 50.2 Å². The number of carbonyl (C=O) groups is 1. The van der Waals surface area contributed by atoms with Crippen LogP contribution in [0.3, 0.4) is 0 Å². The van der Waals surface area contributed by atoms with E-state index in [4.69, 9.17) is 4.74 Å². The van der Waals surface area contributed by atoms with E-state index in [0.29, 0.717) is 5.92 Å². The number of rotatable bonds is 4. The number of piperidine rings is 1. The molecule has 1 amide bonds. The van der Waals surface area contributed by atoms with Gasteiger partial charge in [0.1, 0.15) is 11.6 Å². The number of methoxy groups -OCH3 is 1. The van der Waals surface area contributed by atoms with Crippen LogP contribution in [0.25, 0.3) is 0 Å². The highest BCUT2D eigenvalue weighted by atomic mass is 16.5. The van der Waals surface area contributed by atoms with Gasteiger partial charge in [-0.1, -0.05) is 0 Å². The molecule has 0 aliphatic carbocycles. The SMILES string of the molecule is CCn1c(CN2CCCC2)nnc1C1CCN(C(=O)OC)CC1. The maximum atomic E-state index is 11.6. The van der Waals surface area contributed by atoms with Crippen molar-refractivity contribution in [2.75, 3.05) is 33.3 Å². The van der Waals surface area contributed by atoms with Gasteiger partial charge in [0.05, 0.1) is 13.7 Å². The van der Waals surface area contributed by atoms with Gasteiger partial charge in [-0.05, 0) is 45.7 Å².